The van der Waals surface area contributed by atoms with Crippen LogP contribution >= 0.6 is 0 Å². The molecule has 0 aliphatic heterocycles. The Balaban J connectivity index is 2.00. The zero-order valence-electron chi connectivity index (χ0n) is 10.1. The van der Waals surface area contributed by atoms with Crippen LogP contribution < -0.4 is 5.32 Å². The van der Waals surface area contributed by atoms with Gasteiger partial charge < -0.3 is 10.4 Å². The highest BCUT2D eigenvalue weighted by atomic mass is 16.4. The number of carbonyl (C=O) groups is 2. The summed E-state index contributed by atoms with van der Waals surface area (Å²) in [5, 5.41) is 11.9. The average molecular weight is 248 g/mol. The van der Waals surface area contributed by atoms with Gasteiger partial charge in [-0.3, -0.25) is 9.78 Å². The molecular formula is C13H16N2O3. The fourth-order valence-electron chi connectivity index (χ4n) is 2.35. The number of nitrogens with zero attached hydrogens (tertiary/aromatic N) is 1. The molecule has 96 valence electrons. The van der Waals surface area contributed by atoms with Gasteiger partial charge in [0.2, 0.25) is 5.91 Å². The van der Waals surface area contributed by atoms with E-state index in [0.717, 1.165) is 12.8 Å². The summed E-state index contributed by atoms with van der Waals surface area (Å²) in [4.78, 5) is 27.2. The maximum atomic E-state index is 11.9. The topological polar surface area (TPSA) is 79.3 Å². The quantitative estimate of drug-likeness (QED) is 0.837. The van der Waals surface area contributed by atoms with Gasteiger partial charge in [0.15, 0.2) is 0 Å². The number of pyridine rings is 1. The average Bonchev–Trinajstić information content (AvgIpc) is 2.80. The van der Waals surface area contributed by atoms with Crippen LogP contribution in [0.5, 0.6) is 0 Å². The molecule has 1 saturated carbocycles. The largest absolute Gasteiger partial charge is 0.480 e. The molecule has 5 heteroatoms. The number of carboxylic acid groups (broad SMARTS) is 1. The van der Waals surface area contributed by atoms with E-state index in [1.807, 2.05) is 0 Å². The van der Waals surface area contributed by atoms with Crippen molar-refractivity contribution in [1.82, 2.24) is 10.3 Å². The molecular weight excluding hydrogens is 232 g/mol. The van der Waals surface area contributed by atoms with Gasteiger partial charge in [-0.15, -0.1) is 0 Å². The van der Waals surface area contributed by atoms with E-state index in [4.69, 9.17) is 0 Å². The predicted octanol–water partition coefficient (Wildman–Crippen LogP) is 1.14. The maximum absolute atomic E-state index is 11.9. The molecule has 0 spiro atoms. The molecule has 0 saturated heterocycles. The van der Waals surface area contributed by atoms with Crippen molar-refractivity contribution < 1.29 is 14.7 Å². The number of nitrogens with one attached hydrogen (secondary N) is 1. The van der Waals surface area contributed by atoms with Gasteiger partial charge in [-0.25, -0.2) is 4.79 Å². The molecule has 2 rings (SSSR count). The normalized spacial score (nSPS) is 17.3. The number of hydrogen-bond acceptors (Lipinski definition) is 3. The van der Waals surface area contributed by atoms with Crippen molar-refractivity contribution in [3.05, 3.63) is 30.1 Å². The molecule has 0 unspecified atom stereocenters. The SMILES string of the molecule is O=C(Cc1ccccn1)NC1(C(=O)O)CCCC1. The predicted molar refractivity (Wildman–Crippen MR) is 64.9 cm³/mol. The lowest BCUT2D eigenvalue weighted by Crippen LogP contribution is -2.53. The Hall–Kier alpha value is -1.91. The van der Waals surface area contributed by atoms with Crippen LogP contribution in [-0.4, -0.2) is 27.5 Å². The summed E-state index contributed by atoms with van der Waals surface area (Å²) >= 11 is 0. The van der Waals surface area contributed by atoms with Crippen molar-refractivity contribution in [2.75, 3.05) is 0 Å². The molecule has 1 amide bonds. The molecule has 0 atom stereocenters. The van der Waals surface area contributed by atoms with E-state index in [2.05, 4.69) is 10.3 Å². The van der Waals surface area contributed by atoms with Gasteiger partial charge in [0, 0.05) is 11.9 Å². The minimum Gasteiger partial charge on any atom is -0.480 e. The van der Waals surface area contributed by atoms with Crippen molar-refractivity contribution >= 4 is 11.9 Å². The highest BCUT2D eigenvalue weighted by molar-refractivity contribution is 5.88. The molecule has 18 heavy (non-hydrogen) atoms. The zero-order valence-corrected chi connectivity index (χ0v) is 10.1. The van der Waals surface area contributed by atoms with Crippen LogP contribution in [0, 0.1) is 0 Å². The Kier molecular flexibility index (Phi) is 3.60. The van der Waals surface area contributed by atoms with Crippen LogP contribution in [0.25, 0.3) is 0 Å². The Morgan fingerprint density at radius 2 is 2.06 bits per heavy atom. The lowest BCUT2D eigenvalue weighted by atomic mass is 9.97. The highest BCUT2D eigenvalue weighted by Gasteiger charge is 2.42. The zero-order chi connectivity index (χ0) is 13.0. The molecule has 1 fully saturated rings. The van der Waals surface area contributed by atoms with E-state index in [1.165, 1.54) is 0 Å². The minimum absolute atomic E-state index is 0.121. The van der Waals surface area contributed by atoms with E-state index < -0.39 is 11.5 Å². The Morgan fingerprint density at radius 3 is 2.61 bits per heavy atom. The van der Waals surface area contributed by atoms with Gasteiger partial charge in [0.05, 0.1) is 6.42 Å². The van der Waals surface area contributed by atoms with Gasteiger partial charge in [-0.2, -0.15) is 0 Å². The van der Waals surface area contributed by atoms with Crippen LogP contribution in [0.3, 0.4) is 0 Å². The van der Waals surface area contributed by atoms with E-state index in [-0.39, 0.29) is 12.3 Å². The number of amides is 1. The smallest absolute Gasteiger partial charge is 0.329 e. The lowest BCUT2D eigenvalue weighted by Gasteiger charge is -2.25. The van der Waals surface area contributed by atoms with Crippen LogP contribution in [0.15, 0.2) is 24.4 Å². The highest BCUT2D eigenvalue weighted by Crippen LogP contribution is 2.29. The van der Waals surface area contributed by atoms with E-state index in [0.29, 0.717) is 18.5 Å². The third-order valence-corrected chi connectivity index (χ3v) is 3.31. The Bertz CT molecular complexity index is 439. The molecule has 5 nitrogen and oxygen atoms in total. The number of carboxylic acids is 1. The van der Waals surface area contributed by atoms with Gasteiger partial charge in [0.25, 0.3) is 0 Å². The first kappa shape index (κ1) is 12.5. The summed E-state index contributed by atoms with van der Waals surface area (Å²) < 4.78 is 0. The summed E-state index contributed by atoms with van der Waals surface area (Å²) in [6.45, 7) is 0. The monoisotopic (exact) mass is 248 g/mol. The van der Waals surface area contributed by atoms with Crippen molar-refractivity contribution in [3.8, 4) is 0 Å². The van der Waals surface area contributed by atoms with Gasteiger partial charge in [0.1, 0.15) is 5.54 Å². The number of aromatic nitrogens is 1. The molecule has 1 aromatic heterocycles. The van der Waals surface area contributed by atoms with Crippen molar-refractivity contribution in [3.63, 3.8) is 0 Å². The van der Waals surface area contributed by atoms with Crippen molar-refractivity contribution in [2.45, 2.75) is 37.6 Å². The lowest BCUT2D eigenvalue weighted by molar-refractivity contribution is -0.147. The van der Waals surface area contributed by atoms with Crippen LogP contribution in [-0.2, 0) is 16.0 Å². The maximum Gasteiger partial charge on any atom is 0.329 e. The second kappa shape index (κ2) is 5.16. The summed E-state index contributed by atoms with van der Waals surface area (Å²) in [6, 6.07) is 5.33. The number of aliphatic carboxylic acids is 1. The number of carbonyl (C=O) groups excluding carboxylic acids is 1. The van der Waals surface area contributed by atoms with Gasteiger partial charge in [-0.05, 0) is 25.0 Å². The summed E-state index contributed by atoms with van der Waals surface area (Å²) in [5.41, 5.74) is -0.417. The van der Waals surface area contributed by atoms with Gasteiger partial charge in [-0.1, -0.05) is 18.9 Å². The molecule has 2 N–H and O–H groups in total. The molecule has 1 aliphatic rings. The second-order valence-electron chi connectivity index (χ2n) is 4.64. The van der Waals surface area contributed by atoms with Gasteiger partial charge >= 0.3 is 5.97 Å². The van der Waals surface area contributed by atoms with E-state index in [1.54, 1.807) is 24.4 Å². The molecule has 0 radical (unpaired) electrons. The van der Waals surface area contributed by atoms with Crippen molar-refractivity contribution in [2.24, 2.45) is 0 Å². The fourth-order valence-corrected chi connectivity index (χ4v) is 2.35. The van der Waals surface area contributed by atoms with E-state index >= 15 is 0 Å². The third kappa shape index (κ3) is 2.67. The first-order valence-electron chi connectivity index (χ1n) is 6.07. The van der Waals surface area contributed by atoms with Crippen LogP contribution in [0.1, 0.15) is 31.4 Å². The first-order chi connectivity index (χ1) is 8.62. The second-order valence-corrected chi connectivity index (χ2v) is 4.64. The Labute approximate surface area is 105 Å². The molecule has 0 aromatic carbocycles. The molecule has 1 aliphatic carbocycles. The minimum atomic E-state index is -1.06. The summed E-state index contributed by atoms with van der Waals surface area (Å²) in [5.74, 6) is -1.22. The molecule has 1 heterocycles. The molecule has 0 bridgehead atoms. The van der Waals surface area contributed by atoms with Crippen LogP contribution in [0.4, 0.5) is 0 Å². The number of hydrogen-bond donors (Lipinski definition) is 2. The summed E-state index contributed by atoms with van der Waals surface area (Å²) in [7, 11) is 0. The van der Waals surface area contributed by atoms with Crippen molar-refractivity contribution in [1.29, 1.82) is 0 Å². The molecule has 1 aromatic rings. The van der Waals surface area contributed by atoms with Crippen LogP contribution in [0.2, 0.25) is 0 Å². The first-order valence-corrected chi connectivity index (χ1v) is 6.07. The third-order valence-electron chi connectivity index (χ3n) is 3.31. The van der Waals surface area contributed by atoms with E-state index in [9.17, 15) is 14.7 Å². The standard InChI is InChI=1S/C13H16N2O3/c16-11(9-10-5-1-4-8-14-10)15-13(12(17)18)6-2-3-7-13/h1,4-5,8H,2-3,6-7,9H2,(H,15,16)(H,17,18). The number of rotatable bonds is 4. The Morgan fingerprint density at radius 1 is 1.33 bits per heavy atom. The fraction of sp³-hybridized carbons (Fsp3) is 0.462. The summed E-state index contributed by atoms with van der Waals surface area (Å²) in [6.07, 6.45) is 4.44.